The number of anilines is 1. The third kappa shape index (κ3) is 2.25. The summed E-state index contributed by atoms with van der Waals surface area (Å²) in [5.41, 5.74) is 4.18. The molecule has 0 saturated carbocycles. The molecular weight excluding hydrogens is 300 g/mol. The van der Waals surface area contributed by atoms with E-state index in [0.717, 1.165) is 22.5 Å². The second kappa shape index (κ2) is 5.32. The fraction of sp³-hybridized carbons (Fsp3) is 0.375. The average Bonchev–Trinajstić information content (AvgIpc) is 2.75. The summed E-state index contributed by atoms with van der Waals surface area (Å²) < 4.78 is 1.64. The van der Waals surface area contributed by atoms with Gasteiger partial charge >= 0.3 is 0 Å². The van der Waals surface area contributed by atoms with E-state index in [9.17, 15) is 4.79 Å². The first-order valence-corrected chi connectivity index (χ1v) is 7.67. The van der Waals surface area contributed by atoms with Gasteiger partial charge in [0.25, 0.3) is 5.91 Å². The predicted molar refractivity (Wildman–Crippen MR) is 87.3 cm³/mol. The Hall–Kier alpha value is -2.01. The van der Waals surface area contributed by atoms with Gasteiger partial charge in [0.05, 0.1) is 16.8 Å². The van der Waals surface area contributed by atoms with E-state index in [2.05, 4.69) is 29.6 Å². The Morgan fingerprint density at radius 2 is 2.05 bits per heavy atom. The number of aryl methyl sites for hydroxylation is 2. The fourth-order valence-electron chi connectivity index (χ4n) is 2.86. The zero-order chi connectivity index (χ0) is 16.0. The number of carbonyl (C=O) groups excluding carboxylic acids is 1. The largest absolute Gasteiger partial charge is 0.361 e. The SMILES string of the molecule is Cc1cccc2c1C(=O)N[C@@H](c1c(C(C)C)nn(C)c1Cl)N2. The molecule has 0 saturated heterocycles. The Morgan fingerprint density at radius 3 is 2.73 bits per heavy atom. The molecule has 1 aliphatic heterocycles. The maximum atomic E-state index is 12.5. The molecule has 0 radical (unpaired) electrons. The maximum absolute atomic E-state index is 12.5. The van der Waals surface area contributed by atoms with Crippen molar-refractivity contribution in [3.05, 3.63) is 45.7 Å². The highest BCUT2D eigenvalue weighted by atomic mass is 35.5. The molecule has 0 unspecified atom stereocenters. The van der Waals surface area contributed by atoms with Crippen molar-refractivity contribution in [2.24, 2.45) is 7.05 Å². The van der Waals surface area contributed by atoms with E-state index in [-0.39, 0.29) is 18.0 Å². The van der Waals surface area contributed by atoms with Gasteiger partial charge in [0, 0.05) is 12.7 Å². The van der Waals surface area contributed by atoms with Crippen LogP contribution in [0.15, 0.2) is 18.2 Å². The van der Waals surface area contributed by atoms with Gasteiger partial charge in [-0.05, 0) is 24.5 Å². The minimum absolute atomic E-state index is 0.0912. The highest BCUT2D eigenvalue weighted by Gasteiger charge is 2.31. The summed E-state index contributed by atoms with van der Waals surface area (Å²) in [6.07, 6.45) is -0.375. The van der Waals surface area contributed by atoms with Crippen LogP contribution in [0.4, 0.5) is 5.69 Å². The molecular formula is C16H19ClN4O. The van der Waals surface area contributed by atoms with Crippen molar-refractivity contribution in [2.75, 3.05) is 5.32 Å². The van der Waals surface area contributed by atoms with Crippen LogP contribution in [0.1, 0.15) is 53.1 Å². The van der Waals surface area contributed by atoms with E-state index >= 15 is 0 Å². The third-order valence-electron chi connectivity index (χ3n) is 3.95. The number of fused-ring (bicyclic) bond motifs is 1. The molecule has 1 amide bonds. The van der Waals surface area contributed by atoms with E-state index in [1.165, 1.54) is 0 Å². The number of benzene rings is 1. The van der Waals surface area contributed by atoms with Gasteiger partial charge in [-0.1, -0.05) is 37.6 Å². The molecule has 1 aliphatic rings. The van der Waals surface area contributed by atoms with Gasteiger partial charge in [-0.15, -0.1) is 0 Å². The lowest BCUT2D eigenvalue weighted by atomic mass is 9.99. The molecule has 0 bridgehead atoms. The van der Waals surface area contributed by atoms with E-state index in [4.69, 9.17) is 11.6 Å². The van der Waals surface area contributed by atoms with Gasteiger partial charge in [-0.25, -0.2) is 0 Å². The van der Waals surface area contributed by atoms with Crippen molar-refractivity contribution in [2.45, 2.75) is 32.9 Å². The van der Waals surface area contributed by atoms with Crippen LogP contribution in [0.5, 0.6) is 0 Å². The van der Waals surface area contributed by atoms with Gasteiger partial charge in [-0.3, -0.25) is 9.48 Å². The normalized spacial score (nSPS) is 17.2. The first-order chi connectivity index (χ1) is 10.4. The van der Waals surface area contributed by atoms with Gasteiger partial charge in [0.2, 0.25) is 0 Å². The van der Waals surface area contributed by atoms with E-state index in [1.54, 1.807) is 11.7 Å². The minimum atomic E-state index is -0.375. The van der Waals surface area contributed by atoms with E-state index in [0.29, 0.717) is 10.7 Å². The molecule has 2 aromatic rings. The summed E-state index contributed by atoms with van der Waals surface area (Å²) in [6, 6.07) is 5.77. The number of nitrogens with one attached hydrogen (secondary N) is 2. The topological polar surface area (TPSA) is 59.0 Å². The summed E-state index contributed by atoms with van der Waals surface area (Å²) in [5.74, 6) is 0.123. The molecule has 116 valence electrons. The van der Waals surface area contributed by atoms with Gasteiger partial charge < -0.3 is 10.6 Å². The van der Waals surface area contributed by atoms with Crippen molar-refractivity contribution < 1.29 is 4.79 Å². The van der Waals surface area contributed by atoms with E-state index in [1.807, 2.05) is 25.1 Å². The lowest BCUT2D eigenvalue weighted by Gasteiger charge is -2.29. The molecule has 2 heterocycles. The predicted octanol–water partition coefficient (Wildman–Crippen LogP) is 3.36. The Labute approximate surface area is 134 Å². The smallest absolute Gasteiger partial charge is 0.255 e. The molecule has 1 aromatic heterocycles. The van der Waals surface area contributed by atoms with Crippen LogP contribution in [0.2, 0.25) is 5.15 Å². The Morgan fingerprint density at radius 1 is 1.32 bits per heavy atom. The molecule has 0 aliphatic carbocycles. The van der Waals surface area contributed by atoms with Gasteiger partial charge in [-0.2, -0.15) is 5.10 Å². The molecule has 3 rings (SSSR count). The number of carbonyl (C=O) groups is 1. The number of rotatable bonds is 2. The average molecular weight is 319 g/mol. The quantitative estimate of drug-likeness (QED) is 0.892. The monoisotopic (exact) mass is 318 g/mol. The van der Waals surface area contributed by atoms with Crippen LogP contribution < -0.4 is 10.6 Å². The van der Waals surface area contributed by atoms with Crippen LogP contribution in [-0.4, -0.2) is 15.7 Å². The zero-order valence-corrected chi connectivity index (χ0v) is 13.8. The Bertz CT molecular complexity index is 751. The molecule has 6 heteroatoms. The molecule has 0 fully saturated rings. The number of nitrogens with zero attached hydrogens (tertiary/aromatic N) is 2. The van der Waals surface area contributed by atoms with Crippen molar-refractivity contribution in [1.29, 1.82) is 0 Å². The molecule has 1 atom stereocenters. The van der Waals surface area contributed by atoms with Crippen molar-refractivity contribution in [1.82, 2.24) is 15.1 Å². The van der Waals surface area contributed by atoms with Crippen molar-refractivity contribution in [3.8, 4) is 0 Å². The highest BCUT2D eigenvalue weighted by molar-refractivity contribution is 6.30. The number of hydrogen-bond donors (Lipinski definition) is 2. The summed E-state index contributed by atoms with van der Waals surface area (Å²) in [6.45, 7) is 6.05. The van der Waals surface area contributed by atoms with Gasteiger partial charge in [0.1, 0.15) is 11.3 Å². The van der Waals surface area contributed by atoms with Gasteiger partial charge in [0.15, 0.2) is 0 Å². The molecule has 5 nitrogen and oxygen atoms in total. The lowest BCUT2D eigenvalue weighted by Crippen LogP contribution is -2.39. The standard InChI is InChI=1S/C16H19ClN4O/c1-8(2)13-12(14(17)21(4)20-13)15-18-10-7-5-6-9(3)11(10)16(22)19-15/h5-8,15,18H,1-4H3,(H,19,22)/t15-/m0/s1. The maximum Gasteiger partial charge on any atom is 0.255 e. The fourth-order valence-corrected chi connectivity index (χ4v) is 3.11. The first-order valence-electron chi connectivity index (χ1n) is 7.29. The molecule has 2 N–H and O–H groups in total. The highest BCUT2D eigenvalue weighted by Crippen LogP contribution is 2.35. The molecule has 1 aromatic carbocycles. The number of hydrogen-bond acceptors (Lipinski definition) is 3. The van der Waals surface area contributed by atoms with Crippen LogP contribution in [-0.2, 0) is 7.05 Å². The van der Waals surface area contributed by atoms with Crippen molar-refractivity contribution >= 4 is 23.2 Å². The minimum Gasteiger partial charge on any atom is -0.361 e. The van der Waals surface area contributed by atoms with E-state index < -0.39 is 0 Å². The summed E-state index contributed by atoms with van der Waals surface area (Å²) >= 11 is 6.41. The number of aromatic nitrogens is 2. The number of halogens is 1. The summed E-state index contributed by atoms with van der Waals surface area (Å²) in [7, 11) is 1.81. The first kappa shape index (κ1) is 14.9. The molecule has 22 heavy (non-hydrogen) atoms. The zero-order valence-electron chi connectivity index (χ0n) is 13.1. The van der Waals surface area contributed by atoms with Crippen molar-refractivity contribution in [3.63, 3.8) is 0 Å². The Kier molecular flexibility index (Phi) is 3.60. The second-order valence-electron chi connectivity index (χ2n) is 5.92. The lowest BCUT2D eigenvalue weighted by molar-refractivity contribution is 0.0935. The van der Waals surface area contributed by atoms with Crippen LogP contribution in [0, 0.1) is 6.92 Å². The van der Waals surface area contributed by atoms with Crippen LogP contribution in [0.25, 0.3) is 0 Å². The third-order valence-corrected chi connectivity index (χ3v) is 4.40. The van der Waals surface area contributed by atoms with Crippen LogP contribution >= 0.6 is 11.6 Å². The Balaban J connectivity index is 2.08. The number of amides is 1. The second-order valence-corrected chi connectivity index (χ2v) is 6.27. The summed E-state index contributed by atoms with van der Waals surface area (Å²) in [4.78, 5) is 12.5. The van der Waals surface area contributed by atoms with Crippen LogP contribution in [0.3, 0.4) is 0 Å². The summed E-state index contributed by atoms with van der Waals surface area (Å²) in [5, 5.41) is 11.4. The molecule has 0 spiro atoms.